The van der Waals surface area contributed by atoms with Gasteiger partial charge < -0.3 is 9.67 Å². The molecule has 0 aliphatic rings. The van der Waals surface area contributed by atoms with Gasteiger partial charge in [0.25, 0.3) is 15.9 Å². The third-order valence-corrected chi connectivity index (χ3v) is 6.73. The van der Waals surface area contributed by atoms with Crippen LogP contribution in [-0.4, -0.2) is 24.0 Å². The minimum Gasteiger partial charge on any atom is -0.493 e. The predicted octanol–water partition coefficient (Wildman–Crippen LogP) is 6.31. The quantitative estimate of drug-likeness (QED) is 0.304. The normalized spacial score (nSPS) is 12.0. The number of nitrogens with zero attached hydrogens (tertiary/aromatic N) is 3. The number of fused-ring (bicyclic) bond motifs is 1. The molecule has 0 atom stereocenters. The SMILES string of the molecule is CC(C)n1c(O)c(N=NC(=O)c2cccc(S(=O)(=O)Nc3ccc(Cl)cc3)c2)c2ccccc21. The Kier molecular flexibility index (Phi) is 6.41. The van der Waals surface area contributed by atoms with E-state index >= 15 is 0 Å². The zero-order chi connectivity index (χ0) is 24.5. The number of aromatic hydroxyl groups is 1. The summed E-state index contributed by atoms with van der Waals surface area (Å²) in [5, 5.41) is 19.6. The molecule has 0 spiro atoms. The van der Waals surface area contributed by atoms with Crippen molar-refractivity contribution < 1.29 is 18.3 Å². The Hall–Kier alpha value is -3.69. The molecule has 0 unspecified atom stereocenters. The number of hydrogen-bond acceptors (Lipinski definition) is 5. The lowest BCUT2D eigenvalue weighted by Crippen LogP contribution is -2.13. The van der Waals surface area contributed by atoms with Crippen LogP contribution in [0.3, 0.4) is 0 Å². The van der Waals surface area contributed by atoms with Crippen LogP contribution in [0.5, 0.6) is 5.88 Å². The Morgan fingerprint density at radius 1 is 1.03 bits per heavy atom. The van der Waals surface area contributed by atoms with Crippen LogP contribution in [0.15, 0.2) is 87.9 Å². The molecule has 1 amide bonds. The number of azo groups is 1. The van der Waals surface area contributed by atoms with Crippen LogP contribution in [-0.2, 0) is 10.0 Å². The molecule has 0 bridgehead atoms. The lowest BCUT2D eigenvalue weighted by Gasteiger charge is -2.10. The fraction of sp³-hybridized carbons (Fsp3) is 0.125. The fourth-order valence-electron chi connectivity index (χ4n) is 3.54. The molecule has 1 heterocycles. The Balaban J connectivity index is 1.62. The number of benzene rings is 3. The summed E-state index contributed by atoms with van der Waals surface area (Å²) < 4.78 is 29.6. The monoisotopic (exact) mass is 496 g/mol. The van der Waals surface area contributed by atoms with Gasteiger partial charge in [-0.25, -0.2) is 8.42 Å². The van der Waals surface area contributed by atoms with Gasteiger partial charge in [-0.3, -0.25) is 9.52 Å². The molecule has 0 saturated carbocycles. The van der Waals surface area contributed by atoms with Gasteiger partial charge in [0.15, 0.2) is 5.69 Å². The zero-order valence-corrected chi connectivity index (χ0v) is 19.9. The van der Waals surface area contributed by atoms with E-state index in [0.717, 1.165) is 5.52 Å². The molecule has 1 aromatic heterocycles. The molecule has 0 fully saturated rings. The maximum Gasteiger partial charge on any atom is 0.295 e. The van der Waals surface area contributed by atoms with Gasteiger partial charge in [-0.2, -0.15) is 0 Å². The van der Waals surface area contributed by atoms with Crippen molar-refractivity contribution in [1.29, 1.82) is 0 Å². The fourth-order valence-corrected chi connectivity index (χ4v) is 4.77. The number of carbonyl (C=O) groups excluding carboxylic acids is 1. The van der Waals surface area contributed by atoms with E-state index in [1.165, 1.54) is 36.4 Å². The molecular formula is C24H21ClN4O4S. The van der Waals surface area contributed by atoms with E-state index in [9.17, 15) is 18.3 Å². The van der Waals surface area contributed by atoms with Gasteiger partial charge in [0, 0.05) is 27.7 Å². The molecule has 0 aliphatic carbocycles. The van der Waals surface area contributed by atoms with Crippen molar-refractivity contribution in [2.45, 2.75) is 24.8 Å². The van der Waals surface area contributed by atoms with Gasteiger partial charge in [0.05, 0.1) is 10.4 Å². The molecule has 4 rings (SSSR count). The van der Waals surface area contributed by atoms with Crippen LogP contribution >= 0.6 is 11.6 Å². The van der Waals surface area contributed by atoms with Gasteiger partial charge in [-0.15, -0.1) is 10.2 Å². The van der Waals surface area contributed by atoms with Gasteiger partial charge in [0.1, 0.15) is 0 Å². The van der Waals surface area contributed by atoms with Crippen LogP contribution in [0, 0.1) is 0 Å². The van der Waals surface area contributed by atoms with Crippen molar-refractivity contribution in [1.82, 2.24) is 4.57 Å². The molecule has 0 saturated heterocycles. The predicted molar refractivity (Wildman–Crippen MR) is 132 cm³/mol. The van der Waals surface area contributed by atoms with Gasteiger partial charge in [-0.1, -0.05) is 35.9 Å². The van der Waals surface area contributed by atoms with E-state index in [1.807, 2.05) is 26.0 Å². The highest BCUT2D eigenvalue weighted by molar-refractivity contribution is 7.92. The van der Waals surface area contributed by atoms with Crippen molar-refractivity contribution in [2.24, 2.45) is 10.2 Å². The third-order valence-electron chi connectivity index (χ3n) is 5.10. The molecule has 0 aliphatic heterocycles. The van der Waals surface area contributed by atoms with Gasteiger partial charge >= 0.3 is 0 Å². The number of anilines is 1. The van der Waals surface area contributed by atoms with E-state index < -0.39 is 15.9 Å². The summed E-state index contributed by atoms with van der Waals surface area (Å²) in [6.45, 7) is 3.84. The number of amides is 1. The third kappa shape index (κ3) is 4.66. The van der Waals surface area contributed by atoms with Crippen LogP contribution in [0.1, 0.15) is 30.2 Å². The zero-order valence-electron chi connectivity index (χ0n) is 18.3. The van der Waals surface area contributed by atoms with Crippen molar-refractivity contribution >= 4 is 49.8 Å². The number of aromatic nitrogens is 1. The molecule has 2 N–H and O–H groups in total. The first-order chi connectivity index (χ1) is 16.2. The minimum absolute atomic E-state index is 0.0369. The first kappa shape index (κ1) is 23.5. The summed E-state index contributed by atoms with van der Waals surface area (Å²) in [5.41, 5.74) is 1.30. The molecule has 174 valence electrons. The Labute approximate surface area is 201 Å². The lowest BCUT2D eigenvalue weighted by atomic mass is 10.2. The highest BCUT2D eigenvalue weighted by atomic mass is 35.5. The van der Waals surface area contributed by atoms with E-state index in [-0.39, 0.29) is 28.1 Å². The van der Waals surface area contributed by atoms with Crippen molar-refractivity contribution in [3.8, 4) is 5.88 Å². The van der Waals surface area contributed by atoms with Crippen LogP contribution in [0.25, 0.3) is 10.9 Å². The van der Waals surface area contributed by atoms with Crippen molar-refractivity contribution in [3.05, 3.63) is 83.4 Å². The second kappa shape index (κ2) is 9.28. The Bertz CT molecular complexity index is 1510. The van der Waals surface area contributed by atoms with E-state index in [0.29, 0.717) is 16.1 Å². The largest absolute Gasteiger partial charge is 0.493 e. The van der Waals surface area contributed by atoms with Crippen molar-refractivity contribution in [2.75, 3.05) is 4.72 Å². The average molecular weight is 497 g/mol. The number of nitrogens with one attached hydrogen (secondary N) is 1. The van der Waals surface area contributed by atoms with Crippen LogP contribution < -0.4 is 4.72 Å². The summed E-state index contributed by atoms with van der Waals surface area (Å²) in [4.78, 5) is 12.6. The molecule has 8 nitrogen and oxygen atoms in total. The second-order valence-corrected chi connectivity index (χ2v) is 9.92. The molecule has 10 heteroatoms. The van der Waals surface area contributed by atoms with Crippen molar-refractivity contribution in [3.63, 3.8) is 0 Å². The van der Waals surface area contributed by atoms with Crippen LogP contribution in [0.4, 0.5) is 11.4 Å². The van der Waals surface area contributed by atoms with Gasteiger partial charge in [-0.05, 0) is 62.4 Å². The topological polar surface area (TPSA) is 113 Å². The number of para-hydroxylation sites is 1. The van der Waals surface area contributed by atoms with E-state index in [1.54, 1.807) is 28.8 Å². The second-order valence-electron chi connectivity index (χ2n) is 7.80. The maximum atomic E-state index is 12.8. The standard InChI is InChI=1S/C24H21ClN4O4S/c1-15(2)29-21-9-4-3-8-20(21)22(24(29)31)26-27-23(30)16-6-5-7-19(14-16)34(32,33)28-18-12-10-17(25)11-13-18/h3-15,28,31H,1-2H3. The minimum atomic E-state index is -3.95. The Morgan fingerprint density at radius 2 is 1.74 bits per heavy atom. The number of carbonyl (C=O) groups is 1. The molecule has 0 radical (unpaired) electrons. The van der Waals surface area contributed by atoms with Gasteiger partial charge in [0.2, 0.25) is 5.88 Å². The number of hydrogen-bond donors (Lipinski definition) is 2. The van der Waals surface area contributed by atoms with E-state index in [2.05, 4.69) is 15.0 Å². The Morgan fingerprint density at radius 3 is 2.44 bits per heavy atom. The highest BCUT2D eigenvalue weighted by Gasteiger charge is 2.20. The number of sulfonamides is 1. The molecular weight excluding hydrogens is 476 g/mol. The van der Waals surface area contributed by atoms with E-state index in [4.69, 9.17) is 11.6 Å². The summed E-state index contributed by atoms with van der Waals surface area (Å²) in [7, 11) is -3.95. The lowest BCUT2D eigenvalue weighted by molar-refractivity contribution is 0.0995. The van der Waals surface area contributed by atoms with Crippen LogP contribution in [0.2, 0.25) is 5.02 Å². The highest BCUT2D eigenvalue weighted by Crippen LogP contribution is 2.40. The molecule has 34 heavy (non-hydrogen) atoms. The first-order valence-electron chi connectivity index (χ1n) is 10.3. The number of rotatable bonds is 6. The maximum absolute atomic E-state index is 12.8. The summed E-state index contributed by atoms with van der Waals surface area (Å²) in [5.74, 6) is -0.847. The average Bonchev–Trinajstić information content (AvgIpc) is 3.10. The smallest absolute Gasteiger partial charge is 0.295 e. The summed E-state index contributed by atoms with van der Waals surface area (Å²) >= 11 is 5.84. The number of halogens is 1. The summed E-state index contributed by atoms with van der Waals surface area (Å²) in [6, 6.07) is 18.9. The first-order valence-corrected chi connectivity index (χ1v) is 12.2. The summed E-state index contributed by atoms with van der Waals surface area (Å²) in [6.07, 6.45) is 0. The molecule has 4 aromatic rings. The molecule has 3 aromatic carbocycles.